The predicted octanol–water partition coefficient (Wildman–Crippen LogP) is 0.851. The number of hydrogen-bond donors (Lipinski definition) is 1. The van der Waals surface area contributed by atoms with Crippen molar-refractivity contribution in [2.24, 2.45) is 11.1 Å². The Morgan fingerprint density at radius 2 is 1.76 bits per heavy atom. The third kappa shape index (κ3) is 3.41. The van der Waals surface area contributed by atoms with Gasteiger partial charge in [-0.2, -0.15) is 0 Å². The third-order valence-electron chi connectivity index (χ3n) is 4.04. The fourth-order valence-electron chi connectivity index (χ4n) is 3.12. The summed E-state index contributed by atoms with van der Waals surface area (Å²) in [4.78, 5) is 2.52. The average molecular weight is 242 g/mol. The molecule has 2 atom stereocenters. The Balaban J connectivity index is 1.93. The Labute approximate surface area is 104 Å². The molecule has 2 N–H and O–H groups in total. The first kappa shape index (κ1) is 13.3. The first-order valence-electron chi connectivity index (χ1n) is 6.79. The van der Waals surface area contributed by atoms with E-state index in [1.54, 1.807) is 0 Å². The molecule has 2 rings (SSSR count). The van der Waals surface area contributed by atoms with Crippen LogP contribution in [-0.4, -0.2) is 56.5 Å². The minimum atomic E-state index is 0.273. The van der Waals surface area contributed by atoms with Crippen molar-refractivity contribution in [2.75, 3.05) is 39.4 Å². The van der Waals surface area contributed by atoms with Gasteiger partial charge in [0, 0.05) is 32.8 Å². The van der Waals surface area contributed by atoms with E-state index in [-0.39, 0.29) is 5.41 Å². The molecule has 0 amide bonds. The fraction of sp³-hybridized carbons (Fsp3) is 1.00. The molecule has 2 fully saturated rings. The summed E-state index contributed by atoms with van der Waals surface area (Å²) in [5.74, 6) is 0. The van der Waals surface area contributed by atoms with Crippen LogP contribution in [0, 0.1) is 5.41 Å². The van der Waals surface area contributed by atoms with Crippen molar-refractivity contribution in [3.63, 3.8) is 0 Å². The highest BCUT2D eigenvalue weighted by Gasteiger charge is 2.35. The molecule has 2 aliphatic rings. The minimum Gasteiger partial charge on any atom is -0.381 e. The van der Waals surface area contributed by atoms with Gasteiger partial charge in [0.2, 0.25) is 0 Å². The molecule has 0 spiro atoms. The summed E-state index contributed by atoms with van der Waals surface area (Å²) in [6.07, 6.45) is 2.88. The molecule has 0 aromatic carbocycles. The minimum absolute atomic E-state index is 0.273. The van der Waals surface area contributed by atoms with Crippen molar-refractivity contribution < 1.29 is 9.47 Å². The molecule has 100 valence electrons. The maximum atomic E-state index is 6.01. The van der Waals surface area contributed by atoms with Crippen molar-refractivity contribution in [3.8, 4) is 0 Å². The van der Waals surface area contributed by atoms with Crippen LogP contribution in [0.15, 0.2) is 0 Å². The van der Waals surface area contributed by atoms with E-state index in [1.807, 2.05) is 0 Å². The van der Waals surface area contributed by atoms with Crippen LogP contribution in [0.25, 0.3) is 0 Å². The summed E-state index contributed by atoms with van der Waals surface area (Å²) in [5, 5.41) is 0. The molecule has 0 aromatic heterocycles. The van der Waals surface area contributed by atoms with Gasteiger partial charge in [0.1, 0.15) is 0 Å². The lowest BCUT2D eigenvalue weighted by molar-refractivity contribution is -0.0865. The highest BCUT2D eigenvalue weighted by molar-refractivity contribution is 4.88. The largest absolute Gasteiger partial charge is 0.381 e. The molecular formula is C13H26N2O2. The highest BCUT2D eigenvalue weighted by Crippen LogP contribution is 2.31. The van der Waals surface area contributed by atoms with Crippen molar-refractivity contribution in [3.05, 3.63) is 0 Å². The fourth-order valence-corrected chi connectivity index (χ4v) is 3.12. The summed E-state index contributed by atoms with van der Waals surface area (Å²) >= 11 is 0. The van der Waals surface area contributed by atoms with Gasteiger partial charge in [-0.05, 0) is 38.6 Å². The van der Waals surface area contributed by atoms with Gasteiger partial charge in [-0.1, -0.05) is 0 Å². The summed E-state index contributed by atoms with van der Waals surface area (Å²) in [5.41, 5.74) is 6.28. The highest BCUT2D eigenvalue weighted by atomic mass is 16.5. The first-order valence-corrected chi connectivity index (χ1v) is 6.79. The van der Waals surface area contributed by atoms with Crippen LogP contribution in [0.2, 0.25) is 0 Å². The van der Waals surface area contributed by atoms with E-state index >= 15 is 0 Å². The topological polar surface area (TPSA) is 47.7 Å². The molecule has 0 aromatic rings. The lowest BCUT2D eigenvalue weighted by Gasteiger charge is -2.43. The second-order valence-corrected chi connectivity index (χ2v) is 5.77. The van der Waals surface area contributed by atoms with Crippen LogP contribution < -0.4 is 5.73 Å². The Hall–Kier alpha value is -0.160. The maximum Gasteiger partial charge on any atom is 0.0678 e. The number of ether oxygens (including phenoxy) is 2. The molecule has 4 nitrogen and oxygen atoms in total. The summed E-state index contributed by atoms with van der Waals surface area (Å²) in [7, 11) is 0. The van der Waals surface area contributed by atoms with Crippen LogP contribution >= 0.6 is 0 Å². The number of rotatable bonds is 3. The van der Waals surface area contributed by atoms with Crippen molar-refractivity contribution in [1.29, 1.82) is 0 Å². The van der Waals surface area contributed by atoms with Gasteiger partial charge in [0.15, 0.2) is 0 Å². The standard InChI is InChI=1S/C13H26N2O2/c1-11-7-15(8-12(2)17-11)10-13(9-14)3-5-16-6-4-13/h11-12H,3-10,14H2,1-2H3. The van der Waals surface area contributed by atoms with Crippen LogP contribution in [0.4, 0.5) is 0 Å². The monoisotopic (exact) mass is 242 g/mol. The number of nitrogens with two attached hydrogens (primary N) is 1. The molecule has 0 saturated carbocycles. The zero-order chi connectivity index (χ0) is 12.3. The SMILES string of the molecule is CC1CN(CC2(CN)CCOCC2)CC(C)O1. The number of morpholine rings is 1. The second-order valence-electron chi connectivity index (χ2n) is 5.77. The van der Waals surface area contributed by atoms with Gasteiger partial charge in [0.05, 0.1) is 12.2 Å². The van der Waals surface area contributed by atoms with Crippen LogP contribution in [0.3, 0.4) is 0 Å². The van der Waals surface area contributed by atoms with E-state index in [4.69, 9.17) is 15.2 Å². The molecule has 2 aliphatic heterocycles. The van der Waals surface area contributed by atoms with Gasteiger partial charge < -0.3 is 15.2 Å². The smallest absolute Gasteiger partial charge is 0.0678 e. The zero-order valence-corrected chi connectivity index (χ0v) is 11.2. The van der Waals surface area contributed by atoms with Gasteiger partial charge in [-0.25, -0.2) is 0 Å². The summed E-state index contributed by atoms with van der Waals surface area (Å²) in [6.45, 7) is 9.99. The van der Waals surface area contributed by atoms with Crippen LogP contribution in [0.5, 0.6) is 0 Å². The van der Waals surface area contributed by atoms with E-state index < -0.39 is 0 Å². The lowest BCUT2D eigenvalue weighted by atomic mass is 9.79. The first-order chi connectivity index (χ1) is 8.13. The lowest BCUT2D eigenvalue weighted by Crippen LogP contribution is -2.52. The predicted molar refractivity (Wildman–Crippen MR) is 68.0 cm³/mol. The van der Waals surface area contributed by atoms with Gasteiger partial charge in [-0.15, -0.1) is 0 Å². The van der Waals surface area contributed by atoms with Crippen molar-refractivity contribution in [1.82, 2.24) is 4.90 Å². The molecule has 0 bridgehead atoms. The number of nitrogens with zero attached hydrogens (tertiary/aromatic N) is 1. The van der Waals surface area contributed by atoms with Crippen LogP contribution in [-0.2, 0) is 9.47 Å². The maximum absolute atomic E-state index is 6.01. The van der Waals surface area contributed by atoms with E-state index in [0.717, 1.165) is 52.2 Å². The Bertz CT molecular complexity index is 232. The third-order valence-corrected chi connectivity index (χ3v) is 4.04. The molecule has 2 unspecified atom stereocenters. The van der Waals surface area contributed by atoms with Crippen LogP contribution in [0.1, 0.15) is 26.7 Å². The molecule has 2 saturated heterocycles. The number of hydrogen-bond acceptors (Lipinski definition) is 4. The van der Waals surface area contributed by atoms with E-state index in [1.165, 1.54) is 0 Å². The van der Waals surface area contributed by atoms with E-state index in [2.05, 4.69) is 18.7 Å². The molecule has 4 heteroatoms. The average Bonchev–Trinajstić information content (AvgIpc) is 2.29. The van der Waals surface area contributed by atoms with Gasteiger partial charge in [0.25, 0.3) is 0 Å². The molecule has 0 radical (unpaired) electrons. The van der Waals surface area contributed by atoms with Crippen molar-refractivity contribution in [2.45, 2.75) is 38.9 Å². The Kier molecular flexibility index (Phi) is 4.42. The van der Waals surface area contributed by atoms with E-state index in [9.17, 15) is 0 Å². The summed E-state index contributed by atoms with van der Waals surface area (Å²) in [6, 6.07) is 0. The zero-order valence-electron chi connectivity index (χ0n) is 11.2. The molecule has 17 heavy (non-hydrogen) atoms. The molecule has 0 aliphatic carbocycles. The van der Waals surface area contributed by atoms with E-state index in [0.29, 0.717) is 12.2 Å². The Morgan fingerprint density at radius 3 is 2.29 bits per heavy atom. The van der Waals surface area contributed by atoms with Gasteiger partial charge >= 0.3 is 0 Å². The Morgan fingerprint density at radius 1 is 1.18 bits per heavy atom. The quantitative estimate of drug-likeness (QED) is 0.797. The molecule has 2 heterocycles. The summed E-state index contributed by atoms with van der Waals surface area (Å²) < 4.78 is 11.2. The van der Waals surface area contributed by atoms with Gasteiger partial charge in [-0.3, -0.25) is 4.90 Å². The second kappa shape index (κ2) is 5.65. The molecular weight excluding hydrogens is 216 g/mol. The normalized spacial score (nSPS) is 34.8. The van der Waals surface area contributed by atoms with Crippen molar-refractivity contribution >= 4 is 0 Å².